The third-order valence-corrected chi connectivity index (χ3v) is 6.15. The van der Waals surface area contributed by atoms with Gasteiger partial charge in [0.25, 0.3) is 0 Å². The normalized spacial score (nSPS) is 22.0. The fourth-order valence-corrected chi connectivity index (χ4v) is 4.10. The molecule has 1 saturated heterocycles. The van der Waals surface area contributed by atoms with Crippen molar-refractivity contribution in [2.45, 2.75) is 118 Å². The van der Waals surface area contributed by atoms with Crippen molar-refractivity contribution in [3.8, 4) is 0 Å². The molecule has 1 N–H and O–H groups in total. The molecule has 0 bridgehead atoms. The van der Waals surface area contributed by atoms with Gasteiger partial charge in [0.15, 0.2) is 0 Å². The Balaban J connectivity index is 3.13. The summed E-state index contributed by atoms with van der Waals surface area (Å²) in [6, 6.07) is -0.392. The van der Waals surface area contributed by atoms with Crippen molar-refractivity contribution in [3.05, 3.63) is 0 Å². The smallest absolute Gasteiger partial charge is 0.412 e. The molecule has 0 aromatic rings. The minimum atomic E-state index is -0.926. The molecule has 0 saturated carbocycles. The lowest BCUT2D eigenvalue weighted by atomic mass is 9.86. The fraction of sp³-hybridized carbons (Fsp3) is 0.880. The topological polar surface area (TPSA) is 84.9 Å². The SMILES string of the molecule is CCCCC(C)(C)C(=O)NCC1OC(C)(C)N(C(=O)OC(C)(C)C)C1C[C@H](C=O)C(C)C. The van der Waals surface area contributed by atoms with E-state index in [2.05, 4.69) is 12.2 Å². The van der Waals surface area contributed by atoms with Crippen molar-refractivity contribution in [1.29, 1.82) is 0 Å². The van der Waals surface area contributed by atoms with Crippen LogP contribution in [0.2, 0.25) is 0 Å². The molecular formula is C25H46N2O5. The van der Waals surface area contributed by atoms with Gasteiger partial charge in [-0.1, -0.05) is 47.5 Å². The molecule has 7 heteroatoms. The van der Waals surface area contributed by atoms with E-state index in [1.54, 1.807) is 4.90 Å². The van der Waals surface area contributed by atoms with Crippen LogP contribution >= 0.6 is 0 Å². The third kappa shape index (κ3) is 7.75. The van der Waals surface area contributed by atoms with E-state index in [-0.39, 0.29) is 24.3 Å². The molecule has 1 aliphatic heterocycles. The standard InChI is InChI=1S/C25H46N2O5/c1-11-12-13-24(7,8)21(29)26-15-20-19(14-18(16-28)17(2)3)27(25(9,10)31-20)22(30)32-23(4,5)6/h16-20H,11-15H2,1-10H3,(H,26,29)/t18-,19?,20?/m1/s1. The number of carbonyl (C=O) groups excluding carboxylic acids is 3. The van der Waals surface area contributed by atoms with Gasteiger partial charge in [0.1, 0.15) is 17.6 Å². The summed E-state index contributed by atoms with van der Waals surface area (Å²) < 4.78 is 11.9. The highest BCUT2D eigenvalue weighted by atomic mass is 16.6. The maximum absolute atomic E-state index is 13.1. The van der Waals surface area contributed by atoms with Gasteiger partial charge in [0.05, 0.1) is 12.1 Å². The first-order valence-electron chi connectivity index (χ1n) is 12.0. The van der Waals surface area contributed by atoms with Crippen LogP contribution in [0.15, 0.2) is 0 Å². The summed E-state index contributed by atoms with van der Waals surface area (Å²) in [4.78, 5) is 39.4. The first-order valence-corrected chi connectivity index (χ1v) is 12.0. The number of nitrogens with zero attached hydrogens (tertiary/aromatic N) is 1. The molecule has 0 radical (unpaired) electrons. The molecule has 1 rings (SSSR count). The van der Waals surface area contributed by atoms with Crippen LogP contribution in [-0.2, 0) is 19.1 Å². The van der Waals surface area contributed by atoms with E-state index in [0.29, 0.717) is 6.42 Å². The molecule has 2 unspecified atom stereocenters. The van der Waals surface area contributed by atoms with Crippen LogP contribution in [0.1, 0.15) is 94.9 Å². The van der Waals surface area contributed by atoms with E-state index in [4.69, 9.17) is 9.47 Å². The zero-order valence-corrected chi connectivity index (χ0v) is 21.9. The van der Waals surface area contributed by atoms with Crippen LogP contribution in [0.5, 0.6) is 0 Å². The Morgan fingerprint density at radius 1 is 1.19 bits per heavy atom. The molecule has 1 heterocycles. The maximum Gasteiger partial charge on any atom is 0.412 e. The van der Waals surface area contributed by atoms with Gasteiger partial charge in [-0.15, -0.1) is 0 Å². The van der Waals surface area contributed by atoms with Gasteiger partial charge in [-0.05, 0) is 53.4 Å². The zero-order valence-electron chi connectivity index (χ0n) is 21.9. The summed E-state index contributed by atoms with van der Waals surface area (Å²) in [5, 5.41) is 3.04. The van der Waals surface area contributed by atoms with Crippen molar-refractivity contribution >= 4 is 18.3 Å². The quantitative estimate of drug-likeness (QED) is 0.474. The van der Waals surface area contributed by atoms with Crippen LogP contribution in [0.3, 0.4) is 0 Å². The van der Waals surface area contributed by atoms with E-state index < -0.39 is 35.0 Å². The first-order chi connectivity index (χ1) is 14.6. The number of hydrogen-bond donors (Lipinski definition) is 1. The summed E-state index contributed by atoms with van der Waals surface area (Å²) in [7, 11) is 0. The summed E-state index contributed by atoms with van der Waals surface area (Å²) in [5.41, 5.74) is -2.06. The number of ether oxygens (including phenoxy) is 2. The van der Waals surface area contributed by atoms with Gasteiger partial charge in [-0.2, -0.15) is 0 Å². The average Bonchev–Trinajstić information content (AvgIpc) is 2.90. The highest BCUT2D eigenvalue weighted by molar-refractivity contribution is 5.81. The number of hydrogen-bond acceptors (Lipinski definition) is 5. The van der Waals surface area contributed by atoms with Gasteiger partial charge in [-0.3, -0.25) is 9.69 Å². The van der Waals surface area contributed by atoms with Crippen molar-refractivity contribution in [3.63, 3.8) is 0 Å². The molecule has 2 amide bonds. The van der Waals surface area contributed by atoms with Crippen LogP contribution < -0.4 is 5.32 Å². The molecule has 0 aromatic carbocycles. The summed E-state index contributed by atoms with van der Waals surface area (Å²) in [6.07, 6.45) is 3.31. The molecule has 7 nitrogen and oxygen atoms in total. The van der Waals surface area contributed by atoms with Crippen LogP contribution in [0, 0.1) is 17.3 Å². The molecule has 0 spiro atoms. The Morgan fingerprint density at radius 2 is 1.78 bits per heavy atom. The maximum atomic E-state index is 13.1. The second kappa shape index (κ2) is 11.0. The summed E-state index contributed by atoms with van der Waals surface area (Å²) in [5.74, 6) is -0.140. The number of unbranched alkanes of at least 4 members (excludes halogenated alkanes) is 1. The van der Waals surface area contributed by atoms with Crippen molar-refractivity contribution in [2.75, 3.05) is 6.54 Å². The van der Waals surface area contributed by atoms with Crippen molar-refractivity contribution in [1.82, 2.24) is 10.2 Å². The Hall–Kier alpha value is -1.63. The number of rotatable bonds is 10. The average molecular weight is 455 g/mol. The Kier molecular flexibility index (Phi) is 9.76. The minimum Gasteiger partial charge on any atom is -0.444 e. The molecule has 1 fully saturated rings. The van der Waals surface area contributed by atoms with Gasteiger partial charge in [0, 0.05) is 17.9 Å². The Bertz CT molecular complexity index is 651. The van der Waals surface area contributed by atoms with Gasteiger partial charge in [0.2, 0.25) is 5.91 Å². The van der Waals surface area contributed by atoms with Crippen LogP contribution in [0.25, 0.3) is 0 Å². The van der Waals surface area contributed by atoms with E-state index in [9.17, 15) is 14.4 Å². The van der Waals surface area contributed by atoms with Crippen LogP contribution in [0.4, 0.5) is 4.79 Å². The largest absolute Gasteiger partial charge is 0.444 e. The van der Waals surface area contributed by atoms with Gasteiger partial charge in [-0.25, -0.2) is 4.79 Å². The number of carbonyl (C=O) groups is 3. The molecule has 3 atom stereocenters. The van der Waals surface area contributed by atoms with E-state index in [0.717, 1.165) is 25.5 Å². The minimum absolute atomic E-state index is 0.0300. The molecule has 32 heavy (non-hydrogen) atoms. The zero-order chi connectivity index (χ0) is 24.9. The second-order valence-electron chi connectivity index (χ2n) is 11.5. The Labute approximate surface area is 195 Å². The fourth-order valence-electron chi connectivity index (χ4n) is 4.10. The molecule has 0 aliphatic carbocycles. The molecule has 1 aliphatic rings. The lowest BCUT2D eigenvalue weighted by Crippen LogP contribution is -2.52. The van der Waals surface area contributed by atoms with Crippen molar-refractivity contribution < 1.29 is 23.9 Å². The molecular weight excluding hydrogens is 408 g/mol. The predicted octanol–water partition coefficient (Wildman–Crippen LogP) is 4.92. The first kappa shape index (κ1) is 28.4. The number of nitrogens with one attached hydrogen (secondary N) is 1. The third-order valence-electron chi connectivity index (χ3n) is 6.15. The van der Waals surface area contributed by atoms with Gasteiger partial charge >= 0.3 is 6.09 Å². The summed E-state index contributed by atoms with van der Waals surface area (Å²) in [6.45, 7) is 19.4. The van der Waals surface area contributed by atoms with E-state index >= 15 is 0 Å². The monoisotopic (exact) mass is 454 g/mol. The van der Waals surface area contributed by atoms with Gasteiger partial charge < -0.3 is 19.6 Å². The number of aldehydes is 1. The van der Waals surface area contributed by atoms with Crippen LogP contribution in [-0.4, -0.2) is 53.2 Å². The second-order valence-corrected chi connectivity index (χ2v) is 11.5. The Morgan fingerprint density at radius 3 is 2.25 bits per heavy atom. The van der Waals surface area contributed by atoms with E-state index in [1.165, 1.54) is 0 Å². The lowest BCUT2D eigenvalue weighted by Gasteiger charge is -2.36. The van der Waals surface area contributed by atoms with E-state index in [1.807, 2.05) is 62.3 Å². The molecule has 0 aromatic heterocycles. The predicted molar refractivity (Wildman–Crippen MR) is 126 cm³/mol. The lowest BCUT2D eigenvalue weighted by molar-refractivity contribution is -0.131. The number of amides is 2. The van der Waals surface area contributed by atoms with Crippen molar-refractivity contribution in [2.24, 2.45) is 17.3 Å². The highest BCUT2D eigenvalue weighted by Gasteiger charge is 2.52. The summed E-state index contributed by atoms with van der Waals surface area (Å²) >= 11 is 0. The molecule has 186 valence electrons. The highest BCUT2D eigenvalue weighted by Crippen LogP contribution is 2.37.